The molecule has 2 aliphatic heterocycles. The van der Waals surface area contributed by atoms with Crippen LogP contribution in [0, 0.1) is 17.8 Å². The minimum absolute atomic E-state index is 0.0107. The van der Waals surface area contributed by atoms with Gasteiger partial charge in [-0.25, -0.2) is 4.21 Å². The molecule has 1 saturated carbocycles. The molecule has 0 saturated heterocycles. The molecule has 0 radical (unpaired) electrons. The molecule has 13 heteroatoms. The Morgan fingerprint density at radius 1 is 1.17 bits per heavy atom. The molecule has 4 aliphatic rings. The number of carbonyl (C=O) groups excluding carboxylic acids is 2. The maximum absolute atomic E-state index is 14.7. The number of methoxy groups -OCH3 is 2. The number of amides is 2. The third-order valence-corrected chi connectivity index (χ3v) is 13.9. The van der Waals surface area contributed by atoms with E-state index in [0.29, 0.717) is 50.2 Å². The van der Waals surface area contributed by atoms with Gasteiger partial charge in [-0.2, -0.15) is 5.10 Å². The second kappa shape index (κ2) is 16.2. The molecule has 1 spiro atoms. The van der Waals surface area contributed by atoms with Crippen molar-refractivity contribution in [3.63, 3.8) is 0 Å². The van der Waals surface area contributed by atoms with Crippen LogP contribution in [0.2, 0.25) is 5.02 Å². The van der Waals surface area contributed by atoms with Gasteiger partial charge >= 0.3 is 0 Å². The molecule has 3 aromatic rings. The van der Waals surface area contributed by atoms with E-state index < -0.39 is 21.7 Å². The standard InChI is InChI=1S/C41H52ClN5O6S/c1-27-8-5-11-37(52-4)33-15-12-30(33)23-47-25-41(18-6-9-28-20-31(42)14-16-34(28)41)26-53-38-17-13-29(21-35(38)47)39(48)44-54(50,24-27)45-40(49)36-22-32(43-46(36)2)10-7-19-51-3/h5,11,13-14,16-17,20-22,27,30,33,37H,6-10,12,15,18-19,23-26H2,1-4H3,(H,44,45,48,49,50)/b11-5+/t27-,30-,33+,37-,41-,54?/m0/s1. The van der Waals surface area contributed by atoms with Crippen LogP contribution in [0.3, 0.4) is 0 Å². The zero-order valence-corrected chi connectivity index (χ0v) is 33.3. The maximum Gasteiger partial charge on any atom is 0.286 e. The van der Waals surface area contributed by atoms with Crippen molar-refractivity contribution in [3.05, 3.63) is 87.7 Å². The van der Waals surface area contributed by atoms with Gasteiger partial charge in [0.15, 0.2) is 0 Å². The smallest absolute Gasteiger partial charge is 0.286 e. The molecule has 11 nitrogen and oxygen atoms in total. The number of aromatic nitrogens is 2. The Balaban J connectivity index is 1.27. The van der Waals surface area contributed by atoms with Crippen LogP contribution in [-0.4, -0.2) is 78.2 Å². The lowest BCUT2D eigenvalue weighted by atomic mass is 9.68. The number of aryl methyl sites for hydroxylation is 3. The Hall–Kier alpha value is -3.71. The van der Waals surface area contributed by atoms with E-state index in [1.54, 1.807) is 33.4 Å². The van der Waals surface area contributed by atoms with E-state index in [1.165, 1.54) is 15.8 Å². The number of fused-ring (bicyclic) bond motifs is 4. The molecule has 7 rings (SSSR count). The van der Waals surface area contributed by atoms with Crippen LogP contribution in [0.5, 0.6) is 5.75 Å². The number of rotatable bonds is 7. The second-order valence-electron chi connectivity index (χ2n) is 15.6. The lowest BCUT2D eigenvalue weighted by molar-refractivity contribution is 0.0131. The van der Waals surface area contributed by atoms with Gasteiger partial charge in [-0.05, 0) is 117 Å². The summed E-state index contributed by atoms with van der Waals surface area (Å²) in [5, 5.41) is 5.21. The van der Waals surface area contributed by atoms with E-state index in [2.05, 4.69) is 43.4 Å². The number of benzene rings is 2. The molecule has 1 fully saturated rings. The van der Waals surface area contributed by atoms with Crippen molar-refractivity contribution in [2.75, 3.05) is 51.2 Å². The van der Waals surface area contributed by atoms with Crippen LogP contribution >= 0.6 is 11.6 Å². The first-order chi connectivity index (χ1) is 26.0. The Kier molecular flexibility index (Phi) is 11.6. The first-order valence-corrected chi connectivity index (χ1v) is 21.2. The van der Waals surface area contributed by atoms with E-state index in [4.69, 9.17) is 25.8 Å². The quantitative estimate of drug-likeness (QED) is 0.207. The summed E-state index contributed by atoms with van der Waals surface area (Å²) in [5.74, 6) is -0.0134. The average molecular weight is 778 g/mol. The molecule has 6 atom stereocenters. The molecular formula is C41H52ClN5O6S. The number of anilines is 1. The SMILES string of the molecule is COCCCc1cc(C(=O)NS2(=O)=NC(=O)c3ccc4c(c3)N(C[C@@H]3CC[C@H]3[C@@H](OC)/C=C/C[C@H](C)C2)C[C@@]2(CCCc3cc(Cl)ccc32)CO4)n(C)n1. The van der Waals surface area contributed by atoms with Crippen molar-refractivity contribution < 1.29 is 28.0 Å². The van der Waals surface area contributed by atoms with E-state index in [-0.39, 0.29) is 34.4 Å². The van der Waals surface area contributed by atoms with Crippen molar-refractivity contribution in [2.45, 2.75) is 69.8 Å². The minimum Gasteiger partial charge on any atom is -0.490 e. The molecule has 2 aliphatic carbocycles. The van der Waals surface area contributed by atoms with E-state index >= 15 is 0 Å². The van der Waals surface area contributed by atoms with Crippen LogP contribution in [0.4, 0.5) is 5.69 Å². The number of halogens is 1. The topological polar surface area (TPSA) is 124 Å². The predicted molar refractivity (Wildman–Crippen MR) is 211 cm³/mol. The van der Waals surface area contributed by atoms with Gasteiger partial charge in [-0.15, -0.1) is 4.36 Å². The van der Waals surface area contributed by atoms with Crippen molar-refractivity contribution in [1.82, 2.24) is 14.5 Å². The molecule has 3 heterocycles. The number of allylic oxidation sites excluding steroid dienone is 1. The number of hydrogen-bond donors (Lipinski definition) is 1. The van der Waals surface area contributed by atoms with Crippen LogP contribution < -0.4 is 14.4 Å². The van der Waals surface area contributed by atoms with Crippen LogP contribution in [0.25, 0.3) is 0 Å². The van der Waals surface area contributed by atoms with Crippen molar-refractivity contribution in [3.8, 4) is 5.75 Å². The Morgan fingerprint density at radius 3 is 2.80 bits per heavy atom. The third kappa shape index (κ3) is 8.12. The van der Waals surface area contributed by atoms with Crippen molar-refractivity contribution >= 4 is 39.0 Å². The van der Waals surface area contributed by atoms with E-state index in [1.807, 2.05) is 25.1 Å². The molecule has 2 amide bonds. The van der Waals surface area contributed by atoms with Gasteiger partial charge in [-0.1, -0.05) is 36.7 Å². The van der Waals surface area contributed by atoms with Gasteiger partial charge in [0, 0.05) is 57.0 Å². The maximum atomic E-state index is 14.7. The zero-order chi connectivity index (χ0) is 38.0. The largest absolute Gasteiger partial charge is 0.490 e. The van der Waals surface area contributed by atoms with Crippen molar-refractivity contribution in [2.24, 2.45) is 29.2 Å². The van der Waals surface area contributed by atoms with Gasteiger partial charge in [-0.3, -0.25) is 19.0 Å². The summed E-state index contributed by atoms with van der Waals surface area (Å²) in [5.41, 5.74) is 4.33. The van der Waals surface area contributed by atoms with Gasteiger partial charge in [0.25, 0.3) is 11.8 Å². The summed E-state index contributed by atoms with van der Waals surface area (Å²) in [7, 11) is 1.50. The Bertz CT molecular complexity index is 2040. The van der Waals surface area contributed by atoms with Gasteiger partial charge in [0.1, 0.15) is 21.4 Å². The highest BCUT2D eigenvalue weighted by Crippen LogP contribution is 2.47. The van der Waals surface area contributed by atoms with Crippen LogP contribution in [0.1, 0.15) is 83.1 Å². The van der Waals surface area contributed by atoms with Gasteiger partial charge < -0.3 is 19.1 Å². The van der Waals surface area contributed by atoms with Gasteiger partial charge in [0.2, 0.25) is 0 Å². The van der Waals surface area contributed by atoms with Crippen LogP contribution in [0.15, 0.2) is 59.0 Å². The normalized spacial score (nSPS) is 28.8. The number of ether oxygens (including phenoxy) is 3. The Morgan fingerprint density at radius 2 is 2.02 bits per heavy atom. The predicted octanol–water partition coefficient (Wildman–Crippen LogP) is 6.72. The first-order valence-electron chi connectivity index (χ1n) is 19.1. The number of nitrogens with zero attached hydrogens (tertiary/aromatic N) is 4. The molecule has 2 bridgehead atoms. The Labute approximate surface area is 324 Å². The summed E-state index contributed by atoms with van der Waals surface area (Å²) in [6.07, 6.45) is 11.2. The highest BCUT2D eigenvalue weighted by molar-refractivity contribution is 7.92. The number of hydrogen-bond acceptors (Lipinski definition) is 8. The molecule has 2 aromatic carbocycles. The second-order valence-corrected chi connectivity index (χ2v) is 18.1. The van der Waals surface area contributed by atoms with E-state index in [0.717, 1.165) is 61.5 Å². The molecule has 54 heavy (non-hydrogen) atoms. The summed E-state index contributed by atoms with van der Waals surface area (Å²) < 4.78 is 41.1. The van der Waals surface area contributed by atoms with Crippen molar-refractivity contribution in [1.29, 1.82) is 0 Å². The summed E-state index contributed by atoms with van der Waals surface area (Å²) in [6.45, 7) is 4.51. The summed E-state index contributed by atoms with van der Waals surface area (Å²) in [6, 6.07) is 13.3. The molecule has 290 valence electrons. The fraction of sp³-hybridized carbons (Fsp3) is 0.537. The average Bonchev–Trinajstić information content (AvgIpc) is 3.43. The summed E-state index contributed by atoms with van der Waals surface area (Å²) in [4.78, 5) is 30.2. The molecule has 1 N–H and O–H groups in total. The molecule has 1 aromatic heterocycles. The fourth-order valence-corrected chi connectivity index (χ4v) is 10.9. The monoisotopic (exact) mass is 777 g/mol. The summed E-state index contributed by atoms with van der Waals surface area (Å²) >= 11 is 6.47. The molecular weight excluding hydrogens is 726 g/mol. The highest BCUT2D eigenvalue weighted by atomic mass is 35.5. The lowest BCUT2D eigenvalue weighted by Gasteiger charge is -2.46. The number of carbonyl (C=O) groups is 2. The first kappa shape index (κ1) is 38.6. The fourth-order valence-electron chi connectivity index (χ4n) is 8.82. The van der Waals surface area contributed by atoms with E-state index in [9.17, 15) is 13.8 Å². The third-order valence-electron chi connectivity index (χ3n) is 11.7. The highest BCUT2D eigenvalue weighted by Gasteiger charge is 2.44. The minimum atomic E-state index is -3.57. The zero-order valence-electron chi connectivity index (χ0n) is 31.7. The van der Waals surface area contributed by atoms with Crippen LogP contribution in [-0.2, 0) is 44.7 Å². The number of nitrogens with one attached hydrogen (secondary N) is 1. The molecule has 1 unspecified atom stereocenters. The lowest BCUT2D eigenvalue weighted by Crippen LogP contribution is -2.49. The van der Waals surface area contributed by atoms with Gasteiger partial charge in [0.05, 0.1) is 29.8 Å².